The SMILES string of the molecule is CC(=O)c1ccc(F)c(I)c1[N+](=O)[O-]. The van der Waals surface area contributed by atoms with Gasteiger partial charge in [-0.2, -0.15) is 0 Å². The lowest BCUT2D eigenvalue weighted by atomic mass is 10.1. The fraction of sp³-hybridized carbons (Fsp3) is 0.125. The number of hydrogen-bond acceptors (Lipinski definition) is 3. The van der Waals surface area contributed by atoms with Crippen LogP contribution in [0.1, 0.15) is 17.3 Å². The summed E-state index contributed by atoms with van der Waals surface area (Å²) >= 11 is 1.51. The summed E-state index contributed by atoms with van der Waals surface area (Å²) in [4.78, 5) is 20.8. The smallest absolute Gasteiger partial charge is 0.294 e. The van der Waals surface area contributed by atoms with E-state index < -0.39 is 22.2 Å². The van der Waals surface area contributed by atoms with Gasteiger partial charge in [-0.25, -0.2) is 4.39 Å². The zero-order valence-electron chi connectivity index (χ0n) is 7.08. The van der Waals surface area contributed by atoms with Crippen molar-refractivity contribution in [1.29, 1.82) is 0 Å². The van der Waals surface area contributed by atoms with E-state index in [4.69, 9.17) is 0 Å². The van der Waals surface area contributed by atoms with E-state index >= 15 is 0 Å². The molecule has 0 N–H and O–H groups in total. The van der Waals surface area contributed by atoms with Crippen LogP contribution in [0.5, 0.6) is 0 Å². The predicted molar refractivity (Wildman–Crippen MR) is 55.8 cm³/mol. The maximum absolute atomic E-state index is 13.0. The maximum Gasteiger partial charge on any atom is 0.296 e. The zero-order chi connectivity index (χ0) is 10.9. The Labute approximate surface area is 92.4 Å². The lowest BCUT2D eigenvalue weighted by Gasteiger charge is -2.01. The summed E-state index contributed by atoms with van der Waals surface area (Å²) in [5.74, 6) is -1.14. The van der Waals surface area contributed by atoms with E-state index in [1.165, 1.54) is 29.5 Å². The minimum Gasteiger partial charge on any atom is -0.294 e. The van der Waals surface area contributed by atoms with E-state index in [2.05, 4.69) is 0 Å². The predicted octanol–water partition coefficient (Wildman–Crippen LogP) is 2.54. The monoisotopic (exact) mass is 309 g/mol. The number of ketones is 1. The number of carbonyl (C=O) groups excluding carboxylic acids is 1. The summed E-state index contributed by atoms with van der Waals surface area (Å²) in [7, 11) is 0. The molecule has 6 heteroatoms. The van der Waals surface area contributed by atoms with E-state index in [1.54, 1.807) is 0 Å². The van der Waals surface area contributed by atoms with Gasteiger partial charge < -0.3 is 0 Å². The van der Waals surface area contributed by atoms with Gasteiger partial charge in [-0.1, -0.05) is 0 Å². The number of halogens is 2. The normalized spacial score (nSPS) is 9.93. The highest BCUT2D eigenvalue weighted by Gasteiger charge is 2.23. The van der Waals surface area contributed by atoms with Crippen molar-refractivity contribution in [2.75, 3.05) is 0 Å². The number of benzene rings is 1. The fourth-order valence-corrected chi connectivity index (χ4v) is 1.67. The molecule has 0 unspecified atom stereocenters. The van der Waals surface area contributed by atoms with Crippen LogP contribution in [0.2, 0.25) is 0 Å². The van der Waals surface area contributed by atoms with E-state index in [-0.39, 0.29) is 9.13 Å². The maximum atomic E-state index is 13.0. The average molecular weight is 309 g/mol. The fourth-order valence-electron chi connectivity index (χ4n) is 1.00. The highest BCUT2D eigenvalue weighted by atomic mass is 127. The van der Waals surface area contributed by atoms with Crippen molar-refractivity contribution in [3.63, 3.8) is 0 Å². The second kappa shape index (κ2) is 3.99. The Morgan fingerprint density at radius 1 is 1.57 bits per heavy atom. The molecule has 1 rings (SSSR count). The first kappa shape index (κ1) is 11.0. The van der Waals surface area contributed by atoms with Crippen LogP contribution in [0.25, 0.3) is 0 Å². The molecule has 74 valence electrons. The lowest BCUT2D eigenvalue weighted by Crippen LogP contribution is -2.03. The second-order valence-electron chi connectivity index (χ2n) is 2.57. The minimum atomic E-state index is -0.748. The first-order valence-electron chi connectivity index (χ1n) is 3.58. The number of nitro benzene ring substituents is 1. The Hall–Kier alpha value is -1.05. The topological polar surface area (TPSA) is 60.2 Å². The molecule has 0 saturated carbocycles. The largest absolute Gasteiger partial charge is 0.296 e. The Bertz CT molecular complexity index is 419. The van der Waals surface area contributed by atoms with Crippen LogP contribution in [0, 0.1) is 19.5 Å². The van der Waals surface area contributed by atoms with E-state index in [0.29, 0.717) is 0 Å². The molecule has 0 radical (unpaired) electrons. The molecule has 0 spiro atoms. The van der Waals surface area contributed by atoms with E-state index in [1.807, 2.05) is 0 Å². The Kier molecular flexibility index (Phi) is 3.14. The van der Waals surface area contributed by atoms with Crippen LogP contribution in [-0.2, 0) is 0 Å². The molecule has 1 aromatic rings. The van der Waals surface area contributed by atoms with Gasteiger partial charge >= 0.3 is 0 Å². The van der Waals surface area contributed by atoms with Crippen LogP contribution in [-0.4, -0.2) is 10.7 Å². The summed E-state index contributed by atoms with van der Waals surface area (Å²) in [5.41, 5.74) is -0.529. The first-order valence-corrected chi connectivity index (χ1v) is 4.66. The van der Waals surface area contributed by atoms with Gasteiger partial charge in [0, 0.05) is 0 Å². The number of nitro groups is 1. The summed E-state index contributed by atoms with van der Waals surface area (Å²) in [6.45, 7) is 1.20. The molecule has 0 heterocycles. The minimum absolute atomic E-state index is 0.0687. The van der Waals surface area contributed by atoms with Gasteiger partial charge in [-0.15, -0.1) is 0 Å². The quantitative estimate of drug-likeness (QED) is 0.365. The van der Waals surface area contributed by atoms with Crippen LogP contribution in [0.4, 0.5) is 10.1 Å². The third kappa shape index (κ3) is 1.89. The molecular weight excluding hydrogens is 304 g/mol. The molecule has 0 amide bonds. The van der Waals surface area contributed by atoms with E-state index in [9.17, 15) is 19.3 Å². The summed E-state index contributed by atoms with van der Waals surface area (Å²) < 4.78 is 12.8. The molecule has 0 aromatic heterocycles. The number of hydrogen-bond donors (Lipinski definition) is 0. The standard InChI is InChI=1S/C8H5FINO3/c1-4(12)5-2-3-6(9)7(10)8(5)11(13)14/h2-3H,1H3. The van der Waals surface area contributed by atoms with Gasteiger partial charge in [0.15, 0.2) is 5.78 Å². The van der Waals surface area contributed by atoms with Crippen molar-refractivity contribution < 1.29 is 14.1 Å². The zero-order valence-corrected chi connectivity index (χ0v) is 9.24. The molecule has 0 saturated heterocycles. The number of Topliss-reactive ketones (excluding diaryl/α,β-unsaturated/α-hetero) is 1. The average Bonchev–Trinajstić information content (AvgIpc) is 2.08. The third-order valence-corrected chi connectivity index (χ3v) is 2.66. The summed E-state index contributed by atoms with van der Waals surface area (Å²) in [6.07, 6.45) is 0. The Morgan fingerprint density at radius 2 is 2.14 bits per heavy atom. The lowest BCUT2D eigenvalue weighted by molar-refractivity contribution is -0.386. The molecule has 4 nitrogen and oxygen atoms in total. The highest BCUT2D eigenvalue weighted by Crippen LogP contribution is 2.27. The highest BCUT2D eigenvalue weighted by molar-refractivity contribution is 14.1. The van der Waals surface area contributed by atoms with Gasteiger partial charge in [0.2, 0.25) is 0 Å². The van der Waals surface area contributed by atoms with Gasteiger partial charge in [0.25, 0.3) is 5.69 Å². The molecule has 1 aromatic carbocycles. The summed E-state index contributed by atoms with van der Waals surface area (Å²) in [6, 6.07) is 2.17. The number of rotatable bonds is 2. The second-order valence-corrected chi connectivity index (χ2v) is 3.65. The van der Waals surface area contributed by atoms with Crippen molar-refractivity contribution in [1.82, 2.24) is 0 Å². The molecule has 0 aliphatic carbocycles. The number of carbonyl (C=O) groups is 1. The Morgan fingerprint density at radius 3 is 2.57 bits per heavy atom. The van der Waals surface area contributed by atoms with Crippen LogP contribution in [0.15, 0.2) is 12.1 Å². The van der Waals surface area contributed by atoms with Crippen LogP contribution >= 0.6 is 22.6 Å². The van der Waals surface area contributed by atoms with Gasteiger partial charge in [-0.05, 0) is 41.6 Å². The molecular formula is C8H5FINO3. The molecule has 0 fully saturated rings. The van der Waals surface area contributed by atoms with Crippen molar-refractivity contribution in [2.45, 2.75) is 6.92 Å². The van der Waals surface area contributed by atoms with E-state index in [0.717, 1.165) is 12.1 Å². The first-order chi connectivity index (χ1) is 6.45. The van der Waals surface area contributed by atoms with Gasteiger partial charge in [0.05, 0.1) is 10.5 Å². The Balaban J connectivity index is 3.53. The van der Waals surface area contributed by atoms with Crippen molar-refractivity contribution in [3.05, 3.63) is 37.2 Å². The van der Waals surface area contributed by atoms with Crippen molar-refractivity contribution in [2.24, 2.45) is 0 Å². The van der Waals surface area contributed by atoms with Crippen LogP contribution in [0.3, 0.4) is 0 Å². The molecule has 0 bridgehead atoms. The molecule has 0 aliphatic rings. The van der Waals surface area contributed by atoms with Crippen molar-refractivity contribution >= 4 is 34.1 Å². The van der Waals surface area contributed by atoms with Gasteiger partial charge in [0.1, 0.15) is 9.39 Å². The molecule has 0 atom stereocenters. The molecule has 0 aliphatic heterocycles. The van der Waals surface area contributed by atoms with Crippen molar-refractivity contribution in [3.8, 4) is 0 Å². The molecule has 14 heavy (non-hydrogen) atoms. The van der Waals surface area contributed by atoms with Gasteiger partial charge in [-0.3, -0.25) is 14.9 Å². The third-order valence-electron chi connectivity index (χ3n) is 1.63. The van der Waals surface area contributed by atoms with Crippen LogP contribution < -0.4 is 0 Å². The summed E-state index contributed by atoms with van der Waals surface area (Å²) in [5, 5.41) is 10.6. The number of nitrogens with zero attached hydrogens (tertiary/aromatic N) is 1.